The van der Waals surface area contributed by atoms with Gasteiger partial charge in [-0.1, -0.05) is 17.7 Å². The van der Waals surface area contributed by atoms with Crippen LogP contribution in [0.4, 0.5) is 0 Å². The molecule has 8 rings (SSSR count). The second-order valence-corrected chi connectivity index (χ2v) is 12.9. The predicted octanol–water partition coefficient (Wildman–Crippen LogP) is 5.94. The number of nitrogens with zero attached hydrogens (tertiary/aromatic N) is 2. The Balaban J connectivity index is 0.000000178. The monoisotopic (exact) mass is 766 g/mol. The molecule has 4 aliphatic heterocycles. The largest absolute Gasteiger partial charge is 0.497 e. The molecule has 1 atom stereocenters. The highest BCUT2D eigenvalue weighted by Crippen LogP contribution is 2.49. The van der Waals surface area contributed by atoms with Crippen molar-refractivity contribution in [2.75, 3.05) is 67.5 Å². The number of methoxy groups -OCH3 is 3. The summed E-state index contributed by atoms with van der Waals surface area (Å²) in [5, 5.41) is 11.7. The van der Waals surface area contributed by atoms with E-state index >= 15 is 0 Å². The third-order valence-corrected chi connectivity index (χ3v) is 9.42. The molecule has 0 spiro atoms. The average Bonchev–Trinajstić information content (AvgIpc) is 3.64. The van der Waals surface area contributed by atoms with Crippen molar-refractivity contribution in [2.45, 2.75) is 12.3 Å². The van der Waals surface area contributed by atoms with E-state index < -0.39 is 5.79 Å². The Hall–Kier alpha value is -5.01. The summed E-state index contributed by atoms with van der Waals surface area (Å²) in [7, 11) is 4.71. The van der Waals surface area contributed by atoms with Gasteiger partial charge in [-0.15, -0.1) is 12.4 Å². The highest BCUT2D eigenvalue weighted by Gasteiger charge is 2.44. The van der Waals surface area contributed by atoms with Gasteiger partial charge in [-0.3, -0.25) is 9.69 Å². The number of carbonyl (C=O) groups is 1. The van der Waals surface area contributed by atoms with Gasteiger partial charge < -0.3 is 47.9 Å². The number of rotatable bonds is 8. The number of ether oxygens (including phenoxy) is 8. The minimum absolute atomic E-state index is 0. The quantitative estimate of drug-likeness (QED) is 0.230. The van der Waals surface area contributed by atoms with Crippen LogP contribution >= 0.6 is 24.0 Å². The van der Waals surface area contributed by atoms with Gasteiger partial charge in [0.25, 0.3) is 11.7 Å². The maximum absolute atomic E-state index is 12.4. The van der Waals surface area contributed by atoms with E-state index in [0.29, 0.717) is 63.7 Å². The van der Waals surface area contributed by atoms with Gasteiger partial charge in [-0.2, -0.15) is 0 Å². The van der Waals surface area contributed by atoms with Crippen LogP contribution in [0.15, 0.2) is 72.8 Å². The fourth-order valence-corrected chi connectivity index (χ4v) is 6.46. The Morgan fingerprint density at radius 1 is 0.792 bits per heavy atom. The Bertz CT molecular complexity index is 1970. The fraction of sp³-hybridized carbons (Fsp3) is 0.308. The van der Waals surface area contributed by atoms with Crippen LogP contribution in [0.1, 0.15) is 16.7 Å². The number of hydrogen-bond donors (Lipinski definition) is 1. The van der Waals surface area contributed by atoms with E-state index in [9.17, 15) is 9.90 Å². The van der Waals surface area contributed by atoms with E-state index in [1.54, 1.807) is 63.8 Å². The van der Waals surface area contributed by atoms with Gasteiger partial charge in [0.05, 0.1) is 21.3 Å². The molecule has 0 bridgehead atoms. The van der Waals surface area contributed by atoms with Crippen molar-refractivity contribution >= 4 is 41.6 Å². The molecule has 1 saturated heterocycles. The Morgan fingerprint density at radius 3 is 2.25 bits per heavy atom. The van der Waals surface area contributed by atoms with Crippen LogP contribution in [-0.2, 0) is 11.3 Å². The zero-order valence-electron chi connectivity index (χ0n) is 29.5. The first kappa shape index (κ1) is 37.7. The van der Waals surface area contributed by atoms with Crippen molar-refractivity contribution in [3.8, 4) is 46.0 Å². The van der Waals surface area contributed by atoms with Crippen molar-refractivity contribution in [2.24, 2.45) is 0 Å². The van der Waals surface area contributed by atoms with Gasteiger partial charge in [0.2, 0.25) is 6.79 Å². The molecular formula is C39H40Cl2N2O10. The SMILES string of the molecule is COc1ccc2c(c1)OC1(O)COc3cc(OC)c(OC)cc3C1=C2.Cl.O=C(COc1ccc(Cl)cc1)N1CCN(Cc2ccc3c(c2)OCO3)CC1. The molecular weight excluding hydrogens is 727 g/mol. The summed E-state index contributed by atoms with van der Waals surface area (Å²) in [6.45, 7) is 4.21. The topological polar surface area (TPSA) is 118 Å². The molecule has 1 fully saturated rings. The summed E-state index contributed by atoms with van der Waals surface area (Å²) in [5.74, 6) is 3.60. The Morgan fingerprint density at radius 2 is 1.51 bits per heavy atom. The smallest absolute Gasteiger partial charge is 0.270 e. The number of carbonyl (C=O) groups excluding carboxylic acids is 1. The number of fused-ring (bicyclic) bond motifs is 5. The first-order chi connectivity index (χ1) is 25.2. The van der Waals surface area contributed by atoms with Crippen LogP contribution in [0.2, 0.25) is 5.02 Å². The molecule has 0 radical (unpaired) electrons. The van der Waals surface area contributed by atoms with Gasteiger partial charge >= 0.3 is 0 Å². The molecule has 1 unspecified atom stereocenters. The molecule has 1 amide bonds. The standard InChI is InChI=1S/C20H21ClN2O4.C19H18O6.ClH/c21-16-2-4-17(5-3-16)25-13-20(24)23-9-7-22(8-10-23)12-15-1-6-18-19(11-15)27-14-26-18;1-21-12-5-4-11-6-14-13-8-17(22-2)18(23-3)9-16(13)24-10-19(14,20)25-15(11)7-12;/h1-6,11H,7-10,12-14H2;4-9,20H,10H2,1-3H3;1H. The maximum atomic E-state index is 12.4. The van der Waals surface area contributed by atoms with Crippen LogP contribution < -0.4 is 37.9 Å². The lowest BCUT2D eigenvalue weighted by Crippen LogP contribution is -2.49. The van der Waals surface area contributed by atoms with Crippen LogP contribution in [0.25, 0.3) is 11.6 Å². The third-order valence-electron chi connectivity index (χ3n) is 9.16. The van der Waals surface area contributed by atoms with Crippen LogP contribution in [-0.4, -0.2) is 94.1 Å². The summed E-state index contributed by atoms with van der Waals surface area (Å²) in [6, 6.07) is 22.1. The van der Waals surface area contributed by atoms with Crippen molar-refractivity contribution in [3.05, 3.63) is 94.5 Å². The molecule has 0 aromatic heterocycles. The molecule has 4 heterocycles. The molecule has 53 heavy (non-hydrogen) atoms. The molecule has 4 aromatic rings. The zero-order valence-corrected chi connectivity index (χ0v) is 31.0. The number of piperazine rings is 1. The van der Waals surface area contributed by atoms with Crippen molar-refractivity contribution in [1.29, 1.82) is 0 Å². The third kappa shape index (κ3) is 8.31. The van der Waals surface area contributed by atoms with Gasteiger partial charge in [0.1, 0.15) is 23.0 Å². The van der Waals surface area contributed by atoms with E-state index in [0.717, 1.165) is 36.7 Å². The average molecular weight is 768 g/mol. The fourth-order valence-electron chi connectivity index (χ4n) is 6.34. The van der Waals surface area contributed by atoms with Crippen molar-refractivity contribution in [1.82, 2.24) is 9.80 Å². The molecule has 12 nitrogen and oxygen atoms in total. The summed E-state index contributed by atoms with van der Waals surface area (Å²) >= 11 is 5.85. The molecule has 4 aromatic carbocycles. The van der Waals surface area contributed by atoms with Crippen LogP contribution in [0.3, 0.4) is 0 Å². The Kier molecular flexibility index (Phi) is 11.6. The second kappa shape index (κ2) is 16.3. The molecule has 14 heteroatoms. The van der Waals surface area contributed by atoms with Gasteiger partial charge in [0.15, 0.2) is 36.2 Å². The van der Waals surface area contributed by atoms with Crippen LogP contribution in [0, 0.1) is 0 Å². The number of hydrogen-bond acceptors (Lipinski definition) is 11. The number of benzene rings is 4. The molecule has 0 aliphatic carbocycles. The molecule has 4 aliphatic rings. The zero-order chi connectivity index (χ0) is 36.2. The number of aliphatic hydroxyl groups is 1. The summed E-state index contributed by atoms with van der Waals surface area (Å²) in [4.78, 5) is 16.5. The molecule has 0 saturated carbocycles. The minimum Gasteiger partial charge on any atom is -0.497 e. The van der Waals surface area contributed by atoms with E-state index in [4.69, 9.17) is 49.5 Å². The summed E-state index contributed by atoms with van der Waals surface area (Å²) in [5.41, 5.74) is 3.36. The lowest BCUT2D eigenvalue weighted by molar-refractivity contribution is -0.135. The normalized spacial score (nSPS) is 17.8. The van der Waals surface area contributed by atoms with Crippen molar-refractivity contribution < 1.29 is 47.8 Å². The van der Waals surface area contributed by atoms with Crippen LogP contribution in [0.5, 0.6) is 46.0 Å². The van der Waals surface area contributed by atoms with Gasteiger partial charge in [-0.05, 0) is 66.2 Å². The lowest BCUT2D eigenvalue weighted by atomic mass is 9.90. The first-order valence-electron chi connectivity index (χ1n) is 16.7. The maximum Gasteiger partial charge on any atom is 0.270 e. The van der Waals surface area contributed by atoms with Gasteiger partial charge in [-0.25, -0.2) is 0 Å². The lowest BCUT2D eigenvalue weighted by Gasteiger charge is -2.39. The summed E-state index contributed by atoms with van der Waals surface area (Å²) < 4.78 is 43.8. The number of halogens is 2. The highest BCUT2D eigenvalue weighted by molar-refractivity contribution is 6.30. The van der Waals surface area contributed by atoms with E-state index in [1.165, 1.54) is 5.56 Å². The van der Waals surface area contributed by atoms with E-state index in [1.807, 2.05) is 35.2 Å². The molecule has 280 valence electrons. The van der Waals surface area contributed by atoms with E-state index in [2.05, 4.69) is 11.0 Å². The Labute approximate surface area is 318 Å². The van der Waals surface area contributed by atoms with Crippen molar-refractivity contribution in [3.63, 3.8) is 0 Å². The predicted molar refractivity (Wildman–Crippen MR) is 200 cm³/mol. The highest BCUT2D eigenvalue weighted by atomic mass is 35.5. The van der Waals surface area contributed by atoms with Gasteiger partial charge in [0, 0.05) is 66.6 Å². The van der Waals surface area contributed by atoms with E-state index in [-0.39, 0.29) is 38.3 Å². The summed E-state index contributed by atoms with van der Waals surface area (Å²) in [6.07, 6.45) is 1.89. The minimum atomic E-state index is -1.58. The first-order valence-corrected chi connectivity index (χ1v) is 17.1. The molecule has 1 N–H and O–H groups in total. The second-order valence-electron chi connectivity index (χ2n) is 12.4. The number of amides is 1.